The fourth-order valence-electron chi connectivity index (χ4n) is 1.38. The van der Waals surface area contributed by atoms with Crippen molar-refractivity contribution in [2.24, 2.45) is 15.2 Å². The Hall–Kier alpha value is -1.55. The molecule has 5 heteroatoms. The number of carbonyl (C=O) groups excluding carboxylic acids is 1. The van der Waals surface area contributed by atoms with Gasteiger partial charge in [0.25, 0.3) is 5.66 Å². The summed E-state index contributed by atoms with van der Waals surface area (Å²) in [6, 6.07) is 6.97. The summed E-state index contributed by atoms with van der Waals surface area (Å²) in [6.07, 6.45) is 0. The molecule has 1 heterocycles. The molecule has 1 aliphatic heterocycles. The van der Waals surface area contributed by atoms with Crippen LogP contribution in [0.15, 0.2) is 39.5 Å². The van der Waals surface area contributed by atoms with E-state index in [-0.39, 0.29) is 5.78 Å². The standard InChI is InChI=1S/C11H10ClN3O/c1-7-11(13-7,8(2)16)15-14-10-5-3-4-9(12)6-10/h3-6H,1-2H3. The Kier molecular flexibility index (Phi) is 2.59. The monoisotopic (exact) mass is 235 g/mol. The van der Waals surface area contributed by atoms with Crippen LogP contribution in [0.4, 0.5) is 5.69 Å². The Labute approximate surface area is 98.1 Å². The van der Waals surface area contributed by atoms with Crippen LogP contribution in [0.3, 0.4) is 0 Å². The molecular formula is C11H10ClN3O. The zero-order valence-electron chi connectivity index (χ0n) is 8.94. The Morgan fingerprint density at radius 3 is 2.69 bits per heavy atom. The molecule has 0 N–H and O–H groups in total. The zero-order chi connectivity index (χ0) is 11.8. The van der Waals surface area contributed by atoms with E-state index in [0.717, 1.165) is 0 Å². The van der Waals surface area contributed by atoms with Crippen molar-refractivity contribution in [1.82, 2.24) is 0 Å². The van der Waals surface area contributed by atoms with Gasteiger partial charge in [0, 0.05) is 5.02 Å². The summed E-state index contributed by atoms with van der Waals surface area (Å²) in [6.45, 7) is 3.22. The average molecular weight is 236 g/mol. The molecule has 1 aliphatic rings. The van der Waals surface area contributed by atoms with Crippen molar-refractivity contribution >= 4 is 28.8 Å². The molecule has 0 aliphatic carbocycles. The number of Topliss-reactive ketones (excluding diaryl/α,β-unsaturated/α-hetero) is 1. The first-order chi connectivity index (χ1) is 7.54. The van der Waals surface area contributed by atoms with Crippen LogP contribution >= 0.6 is 11.6 Å². The van der Waals surface area contributed by atoms with E-state index in [1.807, 2.05) is 0 Å². The highest BCUT2D eigenvalue weighted by atomic mass is 35.5. The van der Waals surface area contributed by atoms with Crippen molar-refractivity contribution < 1.29 is 4.79 Å². The van der Waals surface area contributed by atoms with Crippen molar-refractivity contribution in [3.63, 3.8) is 0 Å². The Bertz CT molecular complexity index is 510. The van der Waals surface area contributed by atoms with Crippen molar-refractivity contribution in [3.05, 3.63) is 29.3 Å². The normalized spacial score (nSPS) is 23.3. The Morgan fingerprint density at radius 1 is 1.50 bits per heavy atom. The molecule has 0 fully saturated rings. The van der Waals surface area contributed by atoms with E-state index >= 15 is 0 Å². The summed E-state index contributed by atoms with van der Waals surface area (Å²) >= 11 is 5.80. The molecule has 1 atom stereocenters. The molecule has 0 amide bonds. The maximum Gasteiger partial charge on any atom is 0.266 e. The van der Waals surface area contributed by atoms with Gasteiger partial charge in [-0.2, -0.15) is 5.11 Å². The third-order valence-electron chi connectivity index (χ3n) is 2.39. The minimum atomic E-state index is -1.03. The molecule has 2 rings (SSSR count). The molecular weight excluding hydrogens is 226 g/mol. The number of azo groups is 1. The molecule has 1 aromatic rings. The quantitative estimate of drug-likeness (QED) is 0.743. The number of carbonyl (C=O) groups is 1. The molecule has 0 saturated carbocycles. The van der Waals surface area contributed by atoms with Crippen LogP contribution < -0.4 is 0 Å². The third-order valence-corrected chi connectivity index (χ3v) is 2.63. The zero-order valence-corrected chi connectivity index (χ0v) is 9.69. The predicted molar refractivity (Wildman–Crippen MR) is 62.5 cm³/mol. The van der Waals surface area contributed by atoms with Crippen LogP contribution in [-0.4, -0.2) is 17.2 Å². The van der Waals surface area contributed by atoms with E-state index in [0.29, 0.717) is 16.4 Å². The van der Waals surface area contributed by atoms with Gasteiger partial charge < -0.3 is 0 Å². The molecule has 82 valence electrons. The number of rotatable bonds is 3. The first-order valence-corrected chi connectivity index (χ1v) is 5.19. The van der Waals surface area contributed by atoms with Gasteiger partial charge in [0.1, 0.15) is 0 Å². The van der Waals surface area contributed by atoms with Gasteiger partial charge in [-0.3, -0.25) is 4.79 Å². The van der Waals surface area contributed by atoms with Gasteiger partial charge in [0.05, 0.1) is 11.4 Å². The SMILES string of the molecule is CC(=O)C1(N=Nc2cccc(Cl)c2)N=C1C. The highest BCUT2D eigenvalue weighted by molar-refractivity contribution is 6.30. The van der Waals surface area contributed by atoms with Gasteiger partial charge in [-0.05, 0) is 32.0 Å². The second-order valence-electron chi connectivity index (χ2n) is 3.61. The Balaban J connectivity index is 2.19. The van der Waals surface area contributed by atoms with Gasteiger partial charge in [-0.15, -0.1) is 5.11 Å². The van der Waals surface area contributed by atoms with E-state index in [4.69, 9.17) is 11.6 Å². The fourth-order valence-corrected chi connectivity index (χ4v) is 1.57. The lowest BCUT2D eigenvalue weighted by atomic mass is 10.1. The van der Waals surface area contributed by atoms with E-state index in [9.17, 15) is 4.79 Å². The second-order valence-corrected chi connectivity index (χ2v) is 4.04. The summed E-state index contributed by atoms with van der Waals surface area (Å²) in [5.74, 6) is -0.115. The summed E-state index contributed by atoms with van der Waals surface area (Å²) in [4.78, 5) is 15.3. The van der Waals surface area contributed by atoms with Crippen LogP contribution in [0.5, 0.6) is 0 Å². The molecule has 0 aromatic heterocycles. The summed E-state index contributed by atoms with van der Waals surface area (Å²) in [5.41, 5.74) is 0.288. The van der Waals surface area contributed by atoms with Crippen LogP contribution in [0.1, 0.15) is 13.8 Å². The van der Waals surface area contributed by atoms with Crippen LogP contribution in [0, 0.1) is 0 Å². The lowest BCUT2D eigenvalue weighted by Gasteiger charge is -2.02. The minimum Gasteiger partial charge on any atom is -0.295 e. The van der Waals surface area contributed by atoms with Crippen molar-refractivity contribution in [3.8, 4) is 0 Å². The lowest BCUT2D eigenvalue weighted by molar-refractivity contribution is -0.118. The molecule has 0 radical (unpaired) electrons. The maximum absolute atomic E-state index is 11.3. The number of ketones is 1. The number of hydrogen-bond acceptors (Lipinski definition) is 4. The van der Waals surface area contributed by atoms with Crippen LogP contribution in [0.25, 0.3) is 0 Å². The summed E-state index contributed by atoms with van der Waals surface area (Å²) < 4.78 is 0. The number of benzene rings is 1. The van der Waals surface area contributed by atoms with Crippen molar-refractivity contribution in [2.45, 2.75) is 19.5 Å². The summed E-state index contributed by atoms with van der Waals surface area (Å²) in [5, 5.41) is 8.54. The molecule has 0 bridgehead atoms. The van der Waals surface area contributed by atoms with E-state index in [1.165, 1.54) is 6.92 Å². The van der Waals surface area contributed by atoms with Gasteiger partial charge >= 0.3 is 0 Å². The molecule has 16 heavy (non-hydrogen) atoms. The first kappa shape index (κ1) is 11.0. The maximum atomic E-state index is 11.3. The number of aliphatic imine (C=N–C) groups is 1. The van der Waals surface area contributed by atoms with E-state index < -0.39 is 5.66 Å². The molecule has 1 aromatic carbocycles. The minimum absolute atomic E-state index is 0.115. The molecule has 4 nitrogen and oxygen atoms in total. The first-order valence-electron chi connectivity index (χ1n) is 4.81. The largest absolute Gasteiger partial charge is 0.295 e. The summed E-state index contributed by atoms with van der Waals surface area (Å²) in [7, 11) is 0. The van der Waals surface area contributed by atoms with Crippen molar-refractivity contribution in [1.29, 1.82) is 0 Å². The molecule has 1 unspecified atom stereocenters. The topological polar surface area (TPSA) is 54.1 Å². The van der Waals surface area contributed by atoms with E-state index in [2.05, 4.69) is 15.2 Å². The Morgan fingerprint density at radius 2 is 2.19 bits per heavy atom. The molecule has 0 saturated heterocycles. The predicted octanol–water partition coefficient (Wildman–Crippen LogP) is 3.18. The lowest BCUT2D eigenvalue weighted by Crippen LogP contribution is -2.23. The average Bonchev–Trinajstić information content (AvgIpc) is 2.88. The second kappa shape index (κ2) is 3.79. The van der Waals surface area contributed by atoms with Crippen LogP contribution in [-0.2, 0) is 4.79 Å². The number of halogens is 1. The fraction of sp³-hybridized carbons (Fsp3) is 0.273. The number of nitrogens with zero attached hydrogens (tertiary/aromatic N) is 3. The third kappa shape index (κ3) is 1.88. The van der Waals surface area contributed by atoms with Crippen LogP contribution in [0.2, 0.25) is 5.02 Å². The number of hydrogen-bond donors (Lipinski definition) is 0. The highest BCUT2D eigenvalue weighted by Crippen LogP contribution is 2.32. The smallest absolute Gasteiger partial charge is 0.266 e. The highest BCUT2D eigenvalue weighted by Gasteiger charge is 2.49. The van der Waals surface area contributed by atoms with E-state index in [1.54, 1.807) is 31.2 Å². The van der Waals surface area contributed by atoms with Gasteiger partial charge in [-0.25, -0.2) is 4.99 Å². The van der Waals surface area contributed by atoms with Gasteiger partial charge in [-0.1, -0.05) is 17.7 Å². The van der Waals surface area contributed by atoms with Gasteiger partial charge in [0.15, 0.2) is 5.78 Å². The molecule has 0 spiro atoms. The van der Waals surface area contributed by atoms with Crippen molar-refractivity contribution in [2.75, 3.05) is 0 Å². The van der Waals surface area contributed by atoms with Gasteiger partial charge in [0.2, 0.25) is 0 Å².